The van der Waals surface area contributed by atoms with Gasteiger partial charge in [-0.3, -0.25) is 0 Å². The standard InChI is InChI=1S/C11H20N4O/c1-9-8-15(6-3-5-12-9)7-4-11-13-10(2)16-14-11/h9,12H,3-8H2,1-2H3. The molecule has 1 aliphatic rings. The van der Waals surface area contributed by atoms with Crippen molar-refractivity contribution in [2.24, 2.45) is 0 Å². The molecule has 1 aliphatic heterocycles. The highest BCUT2D eigenvalue weighted by atomic mass is 16.5. The minimum atomic E-state index is 0.578. The molecule has 1 atom stereocenters. The number of nitrogens with one attached hydrogen (secondary N) is 1. The molecule has 0 spiro atoms. The Hall–Kier alpha value is -0.940. The summed E-state index contributed by atoms with van der Waals surface area (Å²) >= 11 is 0. The van der Waals surface area contributed by atoms with Crippen LogP contribution in [-0.4, -0.2) is 47.3 Å². The average molecular weight is 224 g/mol. The molecule has 0 bridgehead atoms. The number of aryl methyl sites for hydroxylation is 1. The first-order valence-corrected chi connectivity index (χ1v) is 5.99. The maximum Gasteiger partial charge on any atom is 0.223 e. The van der Waals surface area contributed by atoms with Crippen molar-refractivity contribution in [1.29, 1.82) is 0 Å². The van der Waals surface area contributed by atoms with Gasteiger partial charge < -0.3 is 14.7 Å². The van der Waals surface area contributed by atoms with Crippen molar-refractivity contribution in [3.63, 3.8) is 0 Å². The van der Waals surface area contributed by atoms with Gasteiger partial charge in [0, 0.05) is 32.5 Å². The van der Waals surface area contributed by atoms with Crippen LogP contribution in [0.5, 0.6) is 0 Å². The molecular formula is C11H20N4O. The Morgan fingerprint density at radius 1 is 1.56 bits per heavy atom. The van der Waals surface area contributed by atoms with Gasteiger partial charge in [-0.15, -0.1) is 0 Å². The predicted octanol–water partition coefficient (Wildman–Crippen LogP) is 0.604. The molecule has 1 N–H and O–H groups in total. The van der Waals surface area contributed by atoms with E-state index in [4.69, 9.17) is 4.52 Å². The van der Waals surface area contributed by atoms with Gasteiger partial charge in [0.1, 0.15) is 0 Å². The quantitative estimate of drug-likeness (QED) is 0.815. The van der Waals surface area contributed by atoms with E-state index < -0.39 is 0 Å². The topological polar surface area (TPSA) is 54.2 Å². The number of hydrogen-bond donors (Lipinski definition) is 1. The van der Waals surface area contributed by atoms with Crippen molar-refractivity contribution in [1.82, 2.24) is 20.4 Å². The zero-order valence-electron chi connectivity index (χ0n) is 10.1. The smallest absolute Gasteiger partial charge is 0.223 e. The summed E-state index contributed by atoms with van der Waals surface area (Å²) in [5, 5.41) is 7.40. The SMILES string of the molecule is Cc1nc(CCN2CCCNC(C)C2)no1. The monoisotopic (exact) mass is 224 g/mol. The molecule has 1 unspecified atom stereocenters. The summed E-state index contributed by atoms with van der Waals surface area (Å²) in [7, 11) is 0. The van der Waals surface area contributed by atoms with Gasteiger partial charge in [0.2, 0.25) is 5.89 Å². The molecule has 1 aromatic rings. The molecule has 2 heterocycles. The number of rotatable bonds is 3. The fraction of sp³-hybridized carbons (Fsp3) is 0.818. The molecule has 5 heteroatoms. The van der Waals surface area contributed by atoms with Crippen molar-refractivity contribution < 1.29 is 4.52 Å². The summed E-state index contributed by atoms with van der Waals surface area (Å²) < 4.78 is 4.96. The van der Waals surface area contributed by atoms with Gasteiger partial charge in [0.05, 0.1) is 0 Å². The average Bonchev–Trinajstić information content (AvgIpc) is 2.55. The van der Waals surface area contributed by atoms with Gasteiger partial charge in [-0.05, 0) is 26.4 Å². The van der Waals surface area contributed by atoms with Crippen molar-refractivity contribution in [3.05, 3.63) is 11.7 Å². The Kier molecular flexibility index (Phi) is 3.90. The number of hydrogen-bond acceptors (Lipinski definition) is 5. The lowest BCUT2D eigenvalue weighted by Crippen LogP contribution is -2.36. The molecule has 16 heavy (non-hydrogen) atoms. The fourth-order valence-corrected chi connectivity index (χ4v) is 2.10. The predicted molar refractivity (Wildman–Crippen MR) is 61.3 cm³/mol. The number of aromatic nitrogens is 2. The van der Waals surface area contributed by atoms with Crippen LogP contribution in [0.1, 0.15) is 25.1 Å². The summed E-state index contributed by atoms with van der Waals surface area (Å²) in [5.74, 6) is 1.48. The van der Waals surface area contributed by atoms with Crippen LogP contribution in [0.4, 0.5) is 0 Å². The first kappa shape index (κ1) is 11.5. The van der Waals surface area contributed by atoms with Gasteiger partial charge in [-0.1, -0.05) is 5.16 Å². The second-order valence-electron chi connectivity index (χ2n) is 4.49. The van der Waals surface area contributed by atoms with Crippen LogP contribution in [0.2, 0.25) is 0 Å². The van der Waals surface area contributed by atoms with Crippen molar-refractivity contribution in [3.8, 4) is 0 Å². The van der Waals surface area contributed by atoms with Crippen LogP contribution in [0.15, 0.2) is 4.52 Å². The maximum atomic E-state index is 4.96. The van der Waals surface area contributed by atoms with Crippen LogP contribution < -0.4 is 5.32 Å². The van der Waals surface area contributed by atoms with E-state index in [0.717, 1.165) is 38.4 Å². The lowest BCUT2D eigenvalue weighted by molar-refractivity contribution is 0.273. The highest BCUT2D eigenvalue weighted by Gasteiger charge is 2.14. The van der Waals surface area contributed by atoms with E-state index in [9.17, 15) is 0 Å². The largest absolute Gasteiger partial charge is 0.340 e. The van der Waals surface area contributed by atoms with Gasteiger partial charge >= 0.3 is 0 Å². The van der Waals surface area contributed by atoms with E-state index in [1.807, 2.05) is 6.92 Å². The van der Waals surface area contributed by atoms with Crippen molar-refractivity contribution in [2.75, 3.05) is 26.2 Å². The summed E-state index contributed by atoms with van der Waals surface area (Å²) in [6.45, 7) is 8.47. The fourth-order valence-electron chi connectivity index (χ4n) is 2.10. The molecule has 0 amide bonds. The second kappa shape index (κ2) is 5.41. The lowest BCUT2D eigenvalue weighted by Gasteiger charge is -2.21. The normalized spacial score (nSPS) is 23.2. The molecule has 5 nitrogen and oxygen atoms in total. The maximum absolute atomic E-state index is 4.96. The Morgan fingerprint density at radius 3 is 3.19 bits per heavy atom. The third-order valence-electron chi connectivity index (χ3n) is 2.90. The van der Waals surface area contributed by atoms with Crippen LogP contribution in [0.25, 0.3) is 0 Å². The van der Waals surface area contributed by atoms with E-state index >= 15 is 0 Å². The van der Waals surface area contributed by atoms with Crippen LogP contribution in [-0.2, 0) is 6.42 Å². The van der Waals surface area contributed by atoms with Crippen molar-refractivity contribution in [2.45, 2.75) is 32.7 Å². The first-order chi connectivity index (χ1) is 7.74. The van der Waals surface area contributed by atoms with E-state index in [-0.39, 0.29) is 0 Å². The Labute approximate surface area is 96.2 Å². The molecule has 1 fully saturated rings. The summed E-state index contributed by atoms with van der Waals surface area (Å²) in [5.41, 5.74) is 0. The van der Waals surface area contributed by atoms with Crippen LogP contribution in [0.3, 0.4) is 0 Å². The zero-order valence-corrected chi connectivity index (χ0v) is 10.1. The molecule has 0 aromatic carbocycles. The van der Waals surface area contributed by atoms with Gasteiger partial charge in [-0.2, -0.15) is 4.98 Å². The Morgan fingerprint density at radius 2 is 2.44 bits per heavy atom. The minimum Gasteiger partial charge on any atom is -0.340 e. The Bertz CT molecular complexity index is 326. The highest BCUT2D eigenvalue weighted by Crippen LogP contribution is 2.03. The van der Waals surface area contributed by atoms with E-state index in [1.165, 1.54) is 6.42 Å². The van der Waals surface area contributed by atoms with Gasteiger partial charge in [0.25, 0.3) is 0 Å². The highest BCUT2D eigenvalue weighted by molar-refractivity contribution is 4.85. The molecule has 0 aliphatic carbocycles. The molecule has 2 rings (SSSR count). The van der Waals surface area contributed by atoms with Gasteiger partial charge in [0.15, 0.2) is 5.82 Å². The zero-order chi connectivity index (χ0) is 11.4. The lowest BCUT2D eigenvalue weighted by atomic mass is 10.3. The minimum absolute atomic E-state index is 0.578. The van der Waals surface area contributed by atoms with Crippen LogP contribution >= 0.6 is 0 Å². The van der Waals surface area contributed by atoms with Crippen molar-refractivity contribution >= 4 is 0 Å². The molecule has 0 saturated carbocycles. The van der Waals surface area contributed by atoms with E-state index in [1.54, 1.807) is 0 Å². The third kappa shape index (κ3) is 3.28. The van der Waals surface area contributed by atoms with Crippen LogP contribution in [0, 0.1) is 6.92 Å². The van der Waals surface area contributed by atoms with E-state index in [2.05, 4.69) is 27.3 Å². The number of nitrogens with zero attached hydrogens (tertiary/aromatic N) is 3. The third-order valence-corrected chi connectivity index (χ3v) is 2.90. The molecule has 1 aromatic heterocycles. The molecule has 0 radical (unpaired) electrons. The summed E-state index contributed by atoms with van der Waals surface area (Å²) in [4.78, 5) is 6.69. The molecule has 1 saturated heterocycles. The second-order valence-corrected chi connectivity index (χ2v) is 4.49. The van der Waals surface area contributed by atoms with Gasteiger partial charge in [-0.25, -0.2) is 0 Å². The van der Waals surface area contributed by atoms with E-state index in [0.29, 0.717) is 11.9 Å². The molecule has 90 valence electrons. The Balaban J connectivity index is 1.80. The summed E-state index contributed by atoms with van der Waals surface area (Å²) in [6, 6.07) is 0.578. The molecular weight excluding hydrogens is 204 g/mol. The summed E-state index contributed by atoms with van der Waals surface area (Å²) in [6.07, 6.45) is 2.10. The first-order valence-electron chi connectivity index (χ1n) is 5.99.